The molecule has 3 heteroatoms. The molecular weight excluding hydrogens is 335 g/mol. The first-order chi connectivity index (χ1) is 13.3. The molecular formula is C24H17FN2. The summed E-state index contributed by atoms with van der Waals surface area (Å²) in [6.45, 7) is 0.630. The summed E-state index contributed by atoms with van der Waals surface area (Å²) >= 11 is 0. The average Bonchev–Trinajstić information content (AvgIpc) is 3.07. The summed E-state index contributed by atoms with van der Waals surface area (Å²) in [6, 6.07) is 29.4. The zero-order valence-electron chi connectivity index (χ0n) is 14.6. The molecule has 2 nitrogen and oxygen atoms in total. The van der Waals surface area contributed by atoms with Crippen LogP contribution in [0, 0.1) is 5.82 Å². The van der Waals surface area contributed by atoms with Crippen LogP contribution in [-0.4, -0.2) is 9.55 Å². The van der Waals surface area contributed by atoms with E-state index in [0.717, 1.165) is 11.0 Å². The van der Waals surface area contributed by atoms with Crippen molar-refractivity contribution in [2.75, 3.05) is 0 Å². The van der Waals surface area contributed by atoms with Crippen LogP contribution in [0.1, 0.15) is 5.56 Å². The Morgan fingerprint density at radius 1 is 0.741 bits per heavy atom. The van der Waals surface area contributed by atoms with Crippen molar-refractivity contribution in [1.82, 2.24) is 9.55 Å². The maximum absolute atomic E-state index is 14.5. The fourth-order valence-corrected chi connectivity index (χ4v) is 3.68. The lowest BCUT2D eigenvalue weighted by Gasteiger charge is -2.12. The van der Waals surface area contributed by atoms with Gasteiger partial charge in [-0.25, -0.2) is 9.37 Å². The summed E-state index contributed by atoms with van der Waals surface area (Å²) in [4.78, 5) is 4.74. The number of rotatable bonds is 3. The number of halogens is 1. The first-order valence-corrected chi connectivity index (χ1v) is 8.98. The van der Waals surface area contributed by atoms with Gasteiger partial charge in [0.25, 0.3) is 0 Å². The Morgan fingerprint density at radius 3 is 2.41 bits per heavy atom. The molecule has 5 aromatic rings. The molecule has 1 aromatic heterocycles. The number of hydrogen-bond donors (Lipinski definition) is 0. The number of nitrogens with zero attached hydrogens (tertiary/aromatic N) is 2. The van der Waals surface area contributed by atoms with Gasteiger partial charge < -0.3 is 4.57 Å². The van der Waals surface area contributed by atoms with E-state index in [2.05, 4.69) is 41.0 Å². The molecule has 4 aromatic carbocycles. The third kappa shape index (κ3) is 2.68. The van der Waals surface area contributed by atoms with Crippen LogP contribution < -0.4 is 0 Å². The molecule has 0 amide bonds. The Hall–Kier alpha value is -3.46. The first kappa shape index (κ1) is 15.8. The van der Waals surface area contributed by atoms with Crippen molar-refractivity contribution in [3.8, 4) is 11.4 Å². The fraction of sp³-hybridized carbons (Fsp3) is 0.0417. The highest BCUT2D eigenvalue weighted by molar-refractivity contribution is 5.86. The van der Waals surface area contributed by atoms with Crippen LogP contribution in [0.5, 0.6) is 0 Å². The van der Waals surface area contributed by atoms with Crippen LogP contribution in [0.25, 0.3) is 33.2 Å². The second-order valence-electron chi connectivity index (χ2n) is 6.63. The zero-order chi connectivity index (χ0) is 18.2. The van der Waals surface area contributed by atoms with E-state index in [1.54, 1.807) is 12.1 Å². The Morgan fingerprint density at radius 2 is 1.48 bits per heavy atom. The minimum absolute atomic E-state index is 0.257. The van der Waals surface area contributed by atoms with Gasteiger partial charge in [0.05, 0.1) is 23.1 Å². The SMILES string of the molecule is Fc1ccccc1-c1nc2ccccc2n1Cc1cccc2ccccc12. The third-order valence-electron chi connectivity index (χ3n) is 4.98. The standard InChI is InChI=1S/C24H17FN2/c25-21-13-4-3-12-20(21)24-26-22-14-5-6-15-23(22)27(24)16-18-10-7-9-17-8-1-2-11-19(17)18/h1-15H,16H2. The van der Waals surface area contributed by atoms with E-state index in [-0.39, 0.29) is 5.82 Å². The van der Waals surface area contributed by atoms with E-state index < -0.39 is 0 Å². The van der Waals surface area contributed by atoms with Crippen molar-refractivity contribution in [1.29, 1.82) is 0 Å². The topological polar surface area (TPSA) is 17.8 Å². The fourth-order valence-electron chi connectivity index (χ4n) is 3.68. The molecule has 27 heavy (non-hydrogen) atoms. The van der Waals surface area contributed by atoms with Gasteiger partial charge in [-0.05, 0) is 40.6 Å². The van der Waals surface area contributed by atoms with E-state index in [0.29, 0.717) is 17.9 Å². The molecule has 0 spiro atoms. The Bertz CT molecular complexity index is 1260. The van der Waals surface area contributed by atoms with Crippen molar-refractivity contribution < 1.29 is 4.39 Å². The van der Waals surface area contributed by atoms with Gasteiger partial charge in [0.1, 0.15) is 11.6 Å². The number of benzene rings is 4. The Balaban J connectivity index is 1.75. The van der Waals surface area contributed by atoms with Gasteiger partial charge in [0.2, 0.25) is 0 Å². The summed E-state index contributed by atoms with van der Waals surface area (Å²) < 4.78 is 16.6. The van der Waals surface area contributed by atoms with E-state index in [9.17, 15) is 4.39 Å². The lowest BCUT2D eigenvalue weighted by molar-refractivity contribution is 0.628. The predicted octanol–water partition coefficient (Wildman–Crippen LogP) is 6.04. The summed E-state index contributed by atoms with van der Waals surface area (Å²) in [5.74, 6) is 0.397. The molecule has 0 aliphatic heterocycles. The maximum Gasteiger partial charge on any atom is 0.144 e. The van der Waals surface area contributed by atoms with Crippen LogP contribution in [0.4, 0.5) is 4.39 Å². The Kier molecular flexibility index (Phi) is 3.72. The van der Waals surface area contributed by atoms with E-state index in [1.165, 1.54) is 22.4 Å². The van der Waals surface area contributed by atoms with Gasteiger partial charge in [-0.15, -0.1) is 0 Å². The molecule has 0 atom stereocenters. The quantitative estimate of drug-likeness (QED) is 0.387. The van der Waals surface area contributed by atoms with Gasteiger partial charge >= 0.3 is 0 Å². The highest BCUT2D eigenvalue weighted by Crippen LogP contribution is 2.29. The van der Waals surface area contributed by atoms with Crippen molar-refractivity contribution in [3.05, 3.63) is 102 Å². The van der Waals surface area contributed by atoms with Gasteiger partial charge in [0, 0.05) is 0 Å². The van der Waals surface area contributed by atoms with Crippen molar-refractivity contribution >= 4 is 21.8 Å². The number of hydrogen-bond acceptors (Lipinski definition) is 1. The van der Waals surface area contributed by atoms with Crippen LogP contribution in [0.15, 0.2) is 91.0 Å². The van der Waals surface area contributed by atoms with Crippen LogP contribution in [0.2, 0.25) is 0 Å². The molecule has 0 radical (unpaired) electrons. The van der Waals surface area contributed by atoms with Gasteiger partial charge in [-0.3, -0.25) is 0 Å². The molecule has 130 valence electrons. The summed E-state index contributed by atoms with van der Waals surface area (Å²) in [5.41, 5.74) is 3.59. The highest BCUT2D eigenvalue weighted by atomic mass is 19.1. The van der Waals surface area contributed by atoms with Gasteiger partial charge in [-0.2, -0.15) is 0 Å². The summed E-state index contributed by atoms with van der Waals surface area (Å²) in [7, 11) is 0. The van der Waals surface area contributed by atoms with Crippen LogP contribution in [-0.2, 0) is 6.54 Å². The van der Waals surface area contributed by atoms with Gasteiger partial charge in [0.15, 0.2) is 0 Å². The molecule has 0 saturated carbocycles. The summed E-state index contributed by atoms with van der Waals surface area (Å²) in [6.07, 6.45) is 0. The van der Waals surface area contributed by atoms with E-state index in [4.69, 9.17) is 4.98 Å². The second kappa shape index (κ2) is 6.36. The maximum atomic E-state index is 14.5. The number of aromatic nitrogens is 2. The van der Waals surface area contributed by atoms with Crippen molar-refractivity contribution in [3.63, 3.8) is 0 Å². The lowest BCUT2D eigenvalue weighted by atomic mass is 10.0. The first-order valence-electron chi connectivity index (χ1n) is 8.98. The molecule has 0 fully saturated rings. The van der Waals surface area contributed by atoms with Crippen molar-refractivity contribution in [2.45, 2.75) is 6.54 Å². The zero-order valence-corrected chi connectivity index (χ0v) is 14.6. The lowest BCUT2D eigenvalue weighted by Crippen LogP contribution is -2.03. The van der Waals surface area contributed by atoms with Crippen molar-refractivity contribution in [2.24, 2.45) is 0 Å². The molecule has 0 aliphatic rings. The average molecular weight is 352 g/mol. The van der Waals surface area contributed by atoms with Crippen LogP contribution >= 0.6 is 0 Å². The monoisotopic (exact) mass is 352 g/mol. The minimum atomic E-state index is -0.257. The predicted molar refractivity (Wildman–Crippen MR) is 108 cm³/mol. The van der Waals surface area contributed by atoms with Gasteiger partial charge in [-0.1, -0.05) is 66.7 Å². The smallest absolute Gasteiger partial charge is 0.144 e. The number of imidazole rings is 1. The molecule has 1 heterocycles. The molecule has 5 rings (SSSR count). The molecule has 0 N–H and O–H groups in total. The molecule has 0 saturated heterocycles. The Labute approximate surface area is 156 Å². The second-order valence-corrected chi connectivity index (χ2v) is 6.63. The van der Waals surface area contributed by atoms with E-state index in [1.807, 2.05) is 36.4 Å². The normalized spacial score (nSPS) is 11.3. The number of fused-ring (bicyclic) bond motifs is 2. The molecule has 0 aliphatic carbocycles. The van der Waals surface area contributed by atoms with E-state index >= 15 is 0 Å². The molecule has 0 bridgehead atoms. The molecule has 0 unspecified atom stereocenters. The highest BCUT2D eigenvalue weighted by Gasteiger charge is 2.16. The summed E-state index contributed by atoms with van der Waals surface area (Å²) in [5, 5.41) is 2.41. The minimum Gasteiger partial charge on any atom is -0.319 e. The van der Waals surface area contributed by atoms with Crippen LogP contribution in [0.3, 0.4) is 0 Å². The third-order valence-corrected chi connectivity index (χ3v) is 4.98. The largest absolute Gasteiger partial charge is 0.319 e. The number of para-hydroxylation sites is 2.